The second-order valence-corrected chi connectivity index (χ2v) is 4.76. The van der Waals surface area contributed by atoms with Crippen LogP contribution in [0.5, 0.6) is 0 Å². The Labute approximate surface area is 93.4 Å². The van der Waals surface area contributed by atoms with Gasteiger partial charge in [0.2, 0.25) is 0 Å². The third kappa shape index (κ3) is 1.22. The fraction of sp³-hybridized carbons (Fsp3) is 0.333. The summed E-state index contributed by atoms with van der Waals surface area (Å²) in [5, 5.41) is 1.90. The van der Waals surface area contributed by atoms with Crippen molar-refractivity contribution < 1.29 is 0 Å². The number of fused-ring (bicyclic) bond motifs is 1. The molecule has 1 aromatic carbocycles. The van der Waals surface area contributed by atoms with Crippen molar-refractivity contribution in [2.45, 2.75) is 18.3 Å². The summed E-state index contributed by atoms with van der Waals surface area (Å²) in [4.78, 5) is 3.25. The minimum atomic E-state index is 0.216. The summed E-state index contributed by atoms with van der Waals surface area (Å²) in [6, 6.07) is 6.27. The molecule has 0 aliphatic heterocycles. The van der Waals surface area contributed by atoms with Crippen LogP contribution in [0.1, 0.15) is 18.4 Å². The van der Waals surface area contributed by atoms with E-state index in [-0.39, 0.29) is 5.41 Å². The lowest BCUT2D eigenvalue weighted by Gasteiger charge is -2.13. The first kappa shape index (κ1) is 9.25. The Balaban J connectivity index is 2.27. The number of hydrogen-bond acceptors (Lipinski definition) is 1. The molecule has 0 bridgehead atoms. The largest absolute Gasteiger partial charge is 0.359 e. The second kappa shape index (κ2) is 3.00. The zero-order chi connectivity index (χ0) is 10.5. The van der Waals surface area contributed by atoms with Crippen LogP contribution < -0.4 is 5.73 Å². The van der Waals surface area contributed by atoms with Gasteiger partial charge in [-0.2, -0.15) is 0 Å². The summed E-state index contributed by atoms with van der Waals surface area (Å²) in [6.07, 6.45) is 4.24. The zero-order valence-electron chi connectivity index (χ0n) is 8.39. The van der Waals surface area contributed by atoms with Gasteiger partial charge in [0, 0.05) is 23.5 Å². The van der Waals surface area contributed by atoms with Crippen LogP contribution in [0.3, 0.4) is 0 Å². The first-order valence-corrected chi connectivity index (χ1v) is 5.61. The van der Waals surface area contributed by atoms with Gasteiger partial charge in [0.1, 0.15) is 0 Å². The lowest BCUT2D eigenvalue weighted by atomic mass is 9.94. The van der Waals surface area contributed by atoms with Gasteiger partial charge in [-0.15, -0.1) is 0 Å². The number of rotatable bonds is 2. The van der Waals surface area contributed by atoms with E-state index in [2.05, 4.69) is 17.1 Å². The van der Waals surface area contributed by atoms with Crippen LogP contribution in [0, 0.1) is 0 Å². The van der Waals surface area contributed by atoms with E-state index in [1.807, 2.05) is 12.3 Å². The molecular weight excluding hydrogens is 208 g/mol. The fourth-order valence-corrected chi connectivity index (χ4v) is 2.51. The highest BCUT2D eigenvalue weighted by Crippen LogP contribution is 2.49. The molecule has 1 heterocycles. The maximum atomic E-state index is 6.10. The molecule has 0 unspecified atom stereocenters. The molecule has 0 atom stereocenters. The zero-order valence-corrected chi connectivity index (χ0v) is 9.14. The maximum Gasteiger partial charge on any atom is 0.0659 e. The van der Waals surface area contributed by atoms with Gasteiger partial charge in [-0.3, -0.25) is 0 Å². The van der Waals surface area contributed by atoms with Crippen LogP contribution in [0.15, 0.2) is 24.4 Å². The summed E-state index contributed by atoms with van der Waals surface area (Å²) in [7, 11) is 0. The summed E-state index contributed by atoms with van der Waals surface area (Å²) in [5.74, 6) is 0. The molecule has 2 nitrogen and oxygen atoms in total. The summed E-state index contributed by atoms with van der Waals surface area (Å²) in [6.45, 7) is 0.725. The minimum Gasteiger partial charge on any atom is -0.359 e. The van der Waals surface area contributed by atoms with Crippen LogP contribution in [0.2, 0.25) is 5.02 Å². The van der Waals surface area contributed by atoms with Crippen LogP contribution in [0.25, 0.3) is 10.9 Å². The van der Waals surface area contributed by atoms with Crippen LogP contribution in [0.4, 0.5) is 0 Å². The number of nitrogens with two attached hydrogens (primary N) is 1. The molecule has 3 N–H and O–H groups in total. The second-order valence-electron chi connectivity index (χ2n) is 4.35. The first-order valence-electron chi connectivity index (χ1n) is 5.23. The highest BCUT2D eigenvalue weighted by molar-refractivity contribution is 6.35. The van der Waals surface area contributed by atoms with Crippen molar-refractivity contribution in [1.29, 1.82) is 0 Å². The summed E-state index contributed by atoms with van der Waals surface area (Å²) in [5.41, 5.74) is 8.55. The fourth-order valence-electron chi connectivity index (χ4n) is 2.30. The van der Waals surface area contributed by atoms with Crippen molar-refractivity contribution in [3.8, 4) is 0 Å². The predicted octanol–water partition coefficient (Wildman–Crippen LogP) is 2.81. The molecule has 1 aromatic heterocycles. The Morgan fingerprint density at radius 2 is 2.20 bits per heavy atom. The number of nitrogens with one attached hydrogen (secondary N) is 1. The van der Waals surface area contributed by atoms with Crippen molar-refractivity contribution in [2.24, 2.45) is 5.73 Å². The van der Waals surface area contributed by atoms with E-state index in [0.29, 0.717) is 0 Å². The van der Waals surface area contributed by atoms with Crippen LogP contribution in [-0.2, 0) is 5.41 Å². The number of para-hydroxylation sites is 1. The molecule has 1 aliphatic carbocycles. The van der Waals surface area contributed by atoms with Gasteiger partial charge in [0.05, 0.1) is 10.5 Å². The number of H-pyrrole nitrogens is 1. The minimum absolute atomic E-state index is 0.216. The molecule has 0 radical (unpaired) electrons. The van der Waals surface area contributed by atoms with Crippen LogP contribution >= 0.6 is 11.6 Å². The molecule has 78 valence electrons. The predicted molar refractivity (Wildman–Crippen MR) is 63.3 cm³/mol. The van der Waals surface area contributed by atoms with Gasteiger partial charge in [-0.05, 0) is 18.4 Å². The quantitative estimate of drug-likeness (QED) is 0.803. The highest BCUT2D eigenvalue weighted by Gasteiger charge is 2.44. The number of aromatic amines is 1. The van der Waals surface area contributed by atoms with Crippen molar-refractivity contribution in [2.75, 3.05) is 6.54 Å². The maximum absolute atomic E-state index is 6.10. The molecule has 1 fully saturated rings. The summed E-state index contributed by atoms with van der Waals surface area (Å²) < 4.78 is 0. The Hall–Kier alpha value is -0.990. The Morgan fingerprint density at radius 1 is 1.40 bits per heavy atom. The lowest BCUT2D eigenvalue weighted by Crippen LogP contribution is -2.19. The Kier molecular flexibility index (Phi) is 1.85. The van der Waals surface area contributed by atoms with Gasteiger partial charge >= 0.3 is 0 Å². The van der Waals surface area contributed by atoms with Gasteiger partial charge in [-0.1, -0.05) is 29.8 Å². The van der Waals surface area contributed by atoms with E-state index >= 15 is 0 Å². The molecule has 1 aliphatic rings. The SMILES string of the molecule is NCC1(c2cccc3c(Cl)c[nH]c23)CC1. The molecule has 3 rings (SSSR count). The van der Waals surface area contributed by atoms with Crippen molar-refractivity contribution in [3.63, 3.8) is 0 Å². The Morgan fingerprint density at radius 3 is 2.87 bits per heavy atom. The molecule has 2 aromatic rings. The average Bonchev–Trinajstić information content (AvgIpc) is 2.98. The van der Waals surface area contributed by atoms with Gasteiger partial charge in [0.25, 0.3) is 0 Å². The first-order chi connectivity index (χ1) is 7.27. The highest BCUT2D eigenvalue weighted by atomic mass is 35.5. The smallest absolute Gasteiger partial charge is 0.0659 e. The lowest BCUT2D eigenvalue weighted by molar-refractivity contribution is 0.710. The number of hydrogen-bond donors (Lipinski definition) is 2. The average molecular weight is 221 g/mol. The number of benzene rings is 1. The molecule has 15 heavy (non-hydrogen) atoms. The van der Waals surface area contributed by atoms with E-state index in [4.69, 9.17) is 17.3 Å². The standard InChI is InChI=1S/C12H13ClN2/c13-10-6-15-11-8(10)2-1-3-9(11)12(7-14)4-5-12/h1-3,6,15H,4-5,7,14H2. The van der Waals surface area contributed by atoms with E-state index in [0.717, 1.165) is 22.5 Å². The van der Waals surface area contributed by atoms with E-state index in [9.17, 15) is 0 Å². The number of aromatic nitrogens is 1. The third-order valence-corrected chi connectivity index (χ3v) is 3.79. The van der Waals surface area contributed by atoms with Crippen molar-refractivity contribution in [1.82, 2.24) is 4.98 Å². The van der Waals surface area contributed by atoms with Gasteiger partial charge in [0.15, 0.2) is 0 Å². The molecule has 0 amide bonds. The topological polar surface area (TPSA) is 41.8 Å². The third-order valence-electron chi connectivity index (χ3n) is 3.48. The van der Waals surface area contributed by atoms with Crippen LogP contribution in [-0.4, -0.2) is 11.5 Å². The number of halogens is 1. The van der Waals surface area contributed by atoms with E-state index in [1.165, 1.54) is 18.4 Å². The molecule has 1 saturated carbocycles. The molecular formula is C12H13ClN2. The van der Waals surface area contributed by atoms with Gasteiger partial charge in [-0.25, -0.2) is 0 Å². The van der Waals surface area contributed by atoms with Crippen molar-refractivity contribution in [3.05, 3.63) is 35.0 Å². The molecule has 0 spiro atoms. The van der Waals surface area contributed by atoms with Gasteiger partial charge < -0.3 is 10.7 Å². The van der Waals surface area contributed by atoms with E-state index in [1.54, 1.807) is 0 Å². The Bertz CT molecular complexity index is 511. The molecule has 3 heteroatoms. The summed E-state index contributed by atoms with van der Waals surface area (Å²) >= 11 is 6.10. The normalized spacial score (nSPS) is 18.3. The molecule has 0 saturated heterocycles. The van der Waals surface area contributed by atoms with E-state index < -0.39 is 0 Å². The van der Waals surface area contributed by atoms with Crippen molar-refractivity contribution >= 4 is 22.5 Å². The monoisotopic (exact) mass is 220 g/mol.